The van der Waals surface area contributed by atoms with Crippen molar-refractivity contribution in [2.45, 2.75) is 11.3 Å². The summed E-state index contributed by atoms with van der Waals surface area (Å²) in [5.41, 5.74) is 0.525. The van der Waals surface area contributed by atoms with Crippen molar-refractivity contribution in [1.29, 1.82) is 0 Å². The Labute approximate surface area is 101 Å². The number of amides is 1. The number of nitrogens with one attached hydrogen (secondary N) is 1. The number of fused-ring (bicyclic) bond motifs is 1. The van der Waals surface area contributed by atoms with Gasteiger partial charge in [0.15, 0.2) is 0 Å². The molecule has 1 heterocycles. The van der Waals surface area contributed by atoms with Crippen molar-refractivity contribution in [1.82, 2.24) is 0 Å². The molecule has 0 spiro atoms. The van der Waals surface area contributed by atoms with Gasteiger partial charge < -0.3 is 10.4 Å². The lowest BCUT2D eigenvalue weighted by Gasteiger charge is -2.08. The molecule has 0 atom stereocenters. The second kappa shape index (κ2) is 4.35. The maximum atomic E-state index is 11.3. The van der Waals surface area contributed by atoms with E-state index in [1.807, 2.05) is 0 Å². The molecule has 0 bridgehead atoms. The predicted octanol–water partition coefficient (Wildman–Crippen LogP) is 2.47. The van der Waals surface area contributed by atoms with Crippen LogP contribution in [0.5, 0.6) is 0 Å². The van der Waals surface area contributed by atoms with Gasteiger partial charge in [0.2, 0.25) is 5.91 Å². The molecule has 1 aromatic carbocycles. The monoisotopic (exact) mass is 257 g/mol. The highest BCUT2D eigenvalue weighted by atomic mass is 35.5. The summed E-state index contributed by atoms with van der Waals surface area (Å²) in [6.45, 7) is 0. The zero-order valence-corrected chi connectivity index (χ0v) is 9.69. The Morgan fingerprint density at radius 1 is 1.50 bits per heavy atom. The maximum Gasteiger partial charge on any atom is 0.337 e. The molecule has 0 aliphatic carbocycles. The maximum absolute atomic E-state index is 11.3. The molecule has 0 fully saturated rings. The van der Waals surface area contributed by atoms with Crippen molar-refractivity contribution in [2.75, 3.05) is 11.1 Å². The average Bonchev–Trinajstić information content (AvgIpc) is 2.37. The van der Waals surface area contributed by atoms with Crippen LogP contribution in [0.2, 0.25) is 5.02 Å². The second-order valence-electron chi connectivity index (χ2n) is 3.28. The molecule has 0 aromatic heterocycles. The average molecular weight is 258 g/mol. The Morgan fingerprint density at radius 2 is 2.25 bits per heavy atom. The van der Waals surface area contributed by atoms with Gasteiger partial charge in [-0.1, -0.05) is 11.6 Å². The van der Waals surface area contributed by atoms with Crippen LogP contribution in [-0.2, 0) is 4.79 Å². The molecule has 1 aliphatic heterocycles. The Bertz CT molecular complexity index is 475. The van der Waals surface area contributed by atoms with Gasteiger partial charge in [0.1, 0.15) is 0 Å². The number of hydrogen-bond donors (Lipinski definition) is 2. The van der Waals surface area contributed by atoms with Crippen LogP contribution in [-0.4, -0.2) is 22.7 Å². The van der Waals surface area contributed by atoms with Crippen LogP contribution in [0.4, 0.5) is 5.69 Å². The fourth-order valence-corrected chi connectivity index (χ4v) is 2.69. The van der Waals surface area contributed by atoms with Crippen molar-refractivity contribution >= 4 is 40.9 Å². The molecular weight excluding hydrogens is 250 g/mol. The number of benzene rings is 1. The van der Waals surface area contributed by atoms with Crippen molar-refractivity contribution in [3.8, 4) is 0 Å². The van der Waals surface area contributed by atoms with Crippen LogP contribution >= 0.6 is 23.4 Å². The Hall–Kier alpha value is -1.20. The van der Waals surface area contributed by atoms with Crippen molar-refractivity contribution in [2.24, 2.45) is 0 Å². The van der Waals surface area contributed by atoms with Gasteiger partial charge in [-0.05, 0) is 12.1 Å². The lowest BCUT2D eigenvalue weighted by Crippen LogP contribution is -2.11. The standard InChI is InChI=1S/C10H8ClNO3S/c11-6-4-8-7(3-5(6)10(14)15)12-9(13)1-2-16-8/h3-4H,1-2H2,(H,12,13)(H,14,15). The second-order valence-corrected chi connectivity index (χ2v) is 4.82. The third-order valence-corrected chi connectivity index (χ3v) is 3.53. The summed E-state index contributed by atoms with van der Waals surface area (Å²) < 4.78 is 0. The molecule has 84 valence electrons. The van der Waals surface area contributed by atoms with E-state index in [1.165, 1.54) is 17.8 Å². The number of carbonyl (C=O) groups is 2. The number of carboxylic acid groups (broad SMARTS) is 1. The number of carbonyl (C=O) groups excluding carboxylic acids is 1. The van der Waals surface area contributed by atoms with Crippen LogP contribution < -0.4 is 5.32 Å². The zero-order valence-electron chi connectivity index (χ0n) is 8.12. The predicted molar refractivity (Wildman–Crippen MR) is 62.4 cm³/mol. The van der Waals surface area contributed by atoms with E-state index in [0.29, 0.717) is 17.9 Å². The highest BCUT2D eigenvalue weighted by Gasteiger charge is 2.18. The number of carboxylic acids is 1. The van der Waals surface area contributed by atoms with E-state index in [4.69, 9.17) is 16.7 Å². The lowest BCUT2D eigenvalue weighted by atomic mass is 10.2. The van der Waals surface area contributed by atoms with Gasteiger partial charge in [-0.25, -0.2) is 4.79 Å². The van der Waals surface area contributed by atoms with Gasteiger partial charge >= 0.3 is 5.97 Å². The first-order valence-corrected chi connectivity index (χ1v) is 5.94. The van der Waals surface area contributed by atoms with Crippen LogP contribution in [0.1, 0.15) is 16.8 Å². The number of thioether (sulfide) groups is 1. The topological polar surface area (TPSA) is 66.4 Å². The fourth-order valence-electron chi connectivity index (χ4n) is 1.40. The quantitative estimate of drug-likeness (QED) is 0.811. The van der Waals surface area contributed by atoms with Crippen molar-refractivity contribution < 1.29 is 14.7 Å². The molecule has 16 heavy (non-hydrogen) atoms. The normalized spacial score (nSPS) is 14.9. The molecule has 2 N–H and O–H groups in total. The van der Waals surface area contributed by atoms with E-state index in [9.17, 15) is 9.59 Å². The van der Waals surface area contributed by atoms with Crippen LogP contribution in [0.15, 0.2) is 17.0 Å². The van der Waals surface area contributed by atoms with Crippen LogP contribution in [0.3, 0.4) is 0 Å². The van der Waals surface area contributed by atoms with Gasteiger partial charge in [-0.2, -0.15) is 0 Å². The molecule has 1 amide bonds. The smallest absolute Gasteiger partial charge is 0.337 e. The fraction of sp³-hybridized carbons (Fsp3) is 0.200. The molecule has 0 saturated heterocycles. The number of anilines is 1. The highest BCUT2D eigenvalue weighted by molar-refractivity contribution is 7.99. The van der Waals surface area contributed by atoms with E-state index >= 15 is 0 Å². The SMILES string of the molecule is O=C1CCSc2cc(Cl)c(C(=O)O)cc2N1. The highest BCUT2D eigenvalue weighted by Crippen LogP contribution is 2.35. The molecule has 0 radical (unpaired) electrons. The van der Waals surface area contributed by atoms with Crippen molar-refractivity contribution in [3.63, 3.8) is 0 Å². The minimum absolute atomic E-state index is 0.00298. The van der Waals surface area contributed by atoms with Gasteiger partial charge in [0.05, 0.1) is 16.3 Å². The number of hydrogen-bond acceptors (Lipinski definition) is 3. The summed E-state index contributed by atoms with van der Waals surface area (Å²) in [6, 6.07) is 2.98. The first kappa shape index (κ1) is 11.3. The summed E-state index contributed by atoms with van der Waals surface area (Å²) in [5, 5.41) is 11.8. The summed E-state index contributed by atoms with van der Waals surface area (Å²) in [5.74, 6) is -0.539. The molecular formula is C10H8ClNO3S. The Morgan fingerprint density at radius 3 is 2.94 bits per heavy atom. The molecule has 4 nitrogen and oxygen atoms in total. The summed E-state index contributed by atoms with van der Waals surface area (Å²) in [7, 11) is 0. The Balaban J connectivity index is 2.50. The zero-order chi connectivity index (χ0) is 11.7. The largest absolute Gasteiger partial charge is 0.478 e. The van der Waals surface area contributed by atoms with Crippen LogP contribution in [0.25, 0.3) is 0 Å². The number of aromatic carboxylic acids is 1. The third-order valence-electron chi connectivity index (χ3n) is 2.16. The molecule has 0 unspecified atom stereocenters. The van der Waals surface area contributed by atoms with E-state index in [2.05, 4.69) is 5.32 Å². The van der Waals surface area contributed by atoms with Crippen molar-refractivity contribution in [3.05, 3.63) is 22.7 Å². The lowest BCUT2D eigenvalue weighted by molar-refractivity contribution is -0.115. The Kier molecular flexibility index (Phi) is 3.07. The summed E-state index contributed by atoms with van der Waals surface area (Å²) >= 11 is 7.33. The van der Waals surface area contributed by atoms with Gasteiger partial charge in [-0.3, -0.25) is 4.79 Å². The first-order chi connectivity index (χ1) is 7.58. The van der Waals surface area contributed by atoms with E-state index in [1.54, 1.807) is 6.07 Å². The van der Waals surface area contributed by atoms with Gasteiger partial charge in [0, 0.05) is 17.1 Å². The molecule has 2 rings (SSSR count). The minimum Gasteiger partial charge on any atom is -0.478 e. The van der Waals surface area contributed by atoms with Gasteiger partial charge in [0.25, 0.3) is 0 Å². The summed E-state index contributed by atoms with van der Waals surface area (Å²) in [4.78, 5) is 23.0. The summed E-state index contributed by atoms with van der Waals surface area (Å²) in [6.07, 6.45) is 0.416. The van der Waals surface area contributed by atoms with Gasteiger partial charge in [-0.15, -0.1) is 11.8 Å². The van der Waals surface area contributed by atoms with E-state index in [-0.39, 0.29) is 16.5 Å². The van der Waals surface area contributed by atoms with Crippen LogP contribution in [0, 0.1) is 0 Å². The van der Waals surface area contributed by atoms with E-state index < -0.39 is 5.97 Å². The third kappa shape index (κ3) is 2.15. The molecule has 6 heteroatoms. The molecule has 0 saturated carbocycles. The number of halogens is 1. The van der Waals surface area contributed by atoms with E-state index in [0.717, 1.165) is 4.90 Å². The molecule has 1 aliphatic rings. The first-order valence-electron chi connectivity index (χ1n) is 4.57. The minimum atomic E-state index is -1.10. The molecule has 1 aromatic rings. The number of rotatable bonds is 1.